The Balaban J connectivity index is 1.92. The monoisotopic (exact) mass is 309 g/mol. The van der Waals surface area contributed by atoms with Crippen molar-refractivity contribution in [2.75, 3.05) is 5.75 Å². The van der Waals surface area contributed by atoms with Crippen LogP contribution in [-0.4, -0.2) is 32.0 Å². The average Bonchev–Trinajstić information content (AvgIpc) is 3.25. The largest absolute Gasteiger partial charge is 0.343 e. The fraction of sp³-hybridized carbons (Fsp3) is 0.692. The number of carbonyl (C=O) groups excluding carboxylic acids is 1. The number of H-pyrrole nitrogens is 1. The van der Waals surface area contributed by atoms with E-state index in [9.17, 15) is 14.9 Å². The van der Waals surface area contributed by atoms with Gasteiger partial charge in [-0.05, 0) is 32.1 Å². The average molecular weight is 309 g/mol. The van der Waals surface area contributed by atoms with E-state index >= 15 is 0 Å². The van der Waals surface area contributed by atoms with Crippen LogP contribution in [0.3, 0.4) is 0 Å². The molecule has 1 aromatic heterocycles. The molecule has 0 radical (unpaired) electrons. The predicted octanol–water partition coefficient (Wildman–Crippen LogP) is 0.882. The van der Waals surface area contributed by atoms with Gasteiger partial charge >= 0.3 is 5.69 Å². The molecule has 1 heterocycles. The molecule has 1 fully saturated rings. The maximum absolute atomic E-state index is 12.0. The molecule has 21 heavy (non-hydrogen) atoms. The molecule has 7 nitrogen and oxygen atoms in total. The van der Waals surface area contributed by atoms with E-state index in [-0.39, 0.29) is 23.3 Å². The van der Waals surface area contributed by atoms with Crippen molar-refractivity contribution in [1.29, 1.82) is 5.26 Å². The molecule has 1 atom stereocenters. The maximum Gasteiger partial charge on any atom is 0.343 e. The second kappa shape index (κ2) is 6.35. The van der Waals surface area contributed by atoms with E-state index in [2.05, 4.69) is 21.6 Å². The standard InChI is InChI=1S/C13H19N5O2S/c1-3-6-18-11(20)16-17-12(18)21-7-10(19)15-13(2,8-14)9-4-5-9/h9H,3-7H2,1-2H3,(H,15,19)(H,16,20)/t13-/m0/s1. The lowest BCUT2D eigenvalue weighted by atomic mass is 9.98. The molecule has 1 saturated carbocycles. The summed E-state index contributed by atoms with van der Waals surface area (Å²) in [5.74, 6) is 0.174. The van der Waals surface area contributed by atoms with E-state index < -0.39 is 5.54 Å². The third-order valence-corrected chi connectivity index (χ3v) is 4.50. The van der Waals surface area contributed by atoms with Gasteiger partial charge in [0.15, 0.2) is 5.16 Å². The molecule has 1 aliphatic carbocycles. The molecular formula is C13H19N5O2S. The number of aromatic amines is 1. The summed E-state index contributed by atoms with van der Waals surface area (Å²) in [7, 11) is 0. The number of carbonyl (C=O) groups is 1. The molecule has 0 aromatic carbocycles. The SMILES string of the molecule is CCCn1c(SCC(=O)N[C@@](C)(C#N)C2CC2)n[nH]c1=O. The van der Waals surface area contributed by atoms with Gasteiger partial charge in [0.05, 0.1) is 11.8 Å². The number of thioether (sulfide) groups is 1. The minimum atomic E-state index is -0.785. The van der Waals surface area contributed by atoms with Crippen molar-refractivity contribution < 1.29 is 4.79 Å². The van der Waals surface area contributed by atoms with Gasteiger partial charge in [0.2, 0.25) is 5.91 Å². The van der Waals surface area contributed by atoms with Crippen LogP contribution in [0.25, 0.3) is 0 Å². The smallest absolute Gasteiger partial charge is 0.337 e. The lowest BCUT2D eigenvalue weighted by Gasteiger charge is -2.22. The molecule has 0 saturated heterocycles. The van der Waals surface area contributed by atoms with Crippen LogP contribution in [0.15, 0.2) is 9.95 Å². The van der Waals surface area contributed by atoms with Crippen molar-refractivity contribution in [2.24, 2.45) is 5.92 Å². The van der Waals surface area contributed by atoms with Crippen LogP contribution in [0.5, 0.6) is 0 Å². The van der Waals surface area contributed by atoms with E-state index in [1.165, 1.54) is 16.3 Å². The van der Waals surface area contributed by atoms with Crippen molar-refractivity contribution in [2.45, 2.75) is 50.4 Å². The van der Waals surface area contributed by atoms with Crippen LogP contribution < -0.4 is 11.0 Å². The van der Waals surface area contributed by atoms with Crippen LogP contribution in [0.2, 0.25) is 0 Å². The number of aromatic nitrogens is 3. The van der Waals surface area contributed by atoms with Gasteiger partial charge < -0.3 is 5.32 Å². The molecule has 114 valence electrons. The first kappa shape index (κ1) is 15.6. The van der Waals surface area contributed by atoms with Crippen molar-refractivity contribution in [3.05, 3.63) is 10.5 Å². The molecular weight excluding hydrogens is 290 g/mol. The fourth-order valence-corrected chi connectivity index (χ4v) is 2.94. The van der Waals surface area contributed by atoms with Gasteiger partial charge in [0, 0.05) is 6.54 Å². The zero-order valence-corrected chi connectivity index (χ0v) is 13.0. The Bertz CT molecular complexity index is 613. The van der Waals surface area contributed by atoms with Crippen molar-refractivity contribution >= 4 is 17.7 Å². The molecule has 0 spiro atoms. The van der Waals surface area contributed by atoms with E-state index in [1.807, 2.05) is 6.92 Å². The van der Waals surface area contributed by atoms with Gasteiger partial charge in [-0.1, -0.05) is 18.7 Å². The second-order valence-electron chi connectivity index (χ2n) is 5.39. The summed E-state index contributed by atoms with van der Waals surface area (Å²) in [6, 6.07) is 2.19. The lowest BCUT2D eigenvalue weighted by Crippen LogP contribution is -2.47. The Kier molecular flexibility index (Phi) is 4.73. The summed E-state index contributed by atoms with van der Waals surface area (Å²) in [5.41, 5.74) is -1.05. The summed E-state index contributed by atoms with van der Waals surface area (Å²) >= 11 is 1.20. The number of nitriles is 1. The van der Waals surface area contributed by atoms with Gasteiger partial charge in [-0.2, -0.15) is 5.26 Å². The predicted molar refractivity (Wildman–Crippen MR) is 78.7 cm³/mol. The van der Waals surface area contributed by atoms with Crippen LogP contribution in [-0.2, 0) is 11.3 Å². The molecule has 1 aliphatic rings. The molecule has 1 aromatic rings. The Hall–Kier alpha value is -1.75. The van der Waals surface area contributed by atoms with Gasteiger partial charge in [-0.15, -0.1) is 5.10 Å². The summed E-state index contributed by atoms with van der Waals surface area (Å²) in [4.78, 5) is 23.5. The Morgan fingerprint density at radius 2 is 2.38 bits per heavy atom. The van der Waals surface area contributed by atoms with Crippen LogP contribution >= 0.6 is 11.8 Å². The van der Waals surface area contributed by atoms with Crippen LogP contribution in [0.1, 0.15) is 33.1 Å². The van der Waals surface area contributed by atoms with Crippen molar-refractivity contribution in [3.8, 4) is 6.07 Å². The first-order valence-corrected chi connectivity index (χ1v) is 7.99. The topological polar surface area (TPSA) is 104 Å². The zero-order chi connectivity index (χ0) is 15.5. The Morgan fingerprint density at radius 1 is 1.67 bits per heavy atom. The molecule has 2 rings (SSSR count). The number of hydrogen-bond acceptors (Lipinski definition) is 5. The van der Waals surface area contributed by atoms with E-state index in [4.69, 9.17) is 0 Å². The van der Waals surface area contributed by atoms with Gasteiger partial charge in [0.25, 0.3) is 0 Å². The molecule has 1 amide bonds. The lowest BCUT2D eigenvalue weighted by molar-refractivity contribution is -0.119. The molecule has 0 aliphatic heterocycles. The molecule has 0 bridgehead atoms. The highest BCUT2D eigenvalue weighted by Crippen LogP contribution is 2.39. The minimum Gasteiger partial charge on any atom is -0.337 e. The zero-order valence-electron chi connectivity index (χ0n) is 12.2. The second-order valence-corrected chi connectivity index (χ2v) is 6.33. The summed E-state index contributed by atoms with van der Waals surface area (Å²) in [6.45, 7) is 4.29. The highest BCUT2D eigenvalue weighted by molar-refractivity contribution is 7.99. The highest BCUT2D eigenvalue weighted by atomic mass is 32.2. The van der Waals surface area contributed by atoms with E-state index in [1.54, 1.807) is 6.92 Å². The van der Waals surface area contributed by atoms with Gasteiger partial charge in [-0.25, -0.2) is 9.89 Å². The normalized spacial score (nSPS) is 17.0. The number of hydrogen-bond donors (Lipinski definition) is 2. The van der Waals surface area contributed by atoms with Crippen LogP contribution in [0, 0.1) is 17.2 Å². The molecule has 0 unspecified atom stereocenters. The minimum absolute atomic E-state index is 0.137. The third-order valence-electron chi connectivity index (χ3n) is 3.53. The van der Waals surface area contributed by atoms with Crippen LogP contribution in [0.4, 0.5) is 0 Å². The van der Waals surface area contributed by atoms with Gasteiger partial charge in [-0.3, -0.25) is 9.36 Å². The molecule has 8 heteroatoms. The van der Waals surface area contributed by atoms with Crippen molar-refractivity contribution in [3.63, 3.8) is 0 Å². The van der Waals surface area contributed by atoms with E-state index in [0.29, 0.717) is 11.7 Å². The first-order valence-electron chi connectivity index (χ1n) is 7.00. The fourth-order valence-electron chi connectivity index (χ4n) is 2.17. The summed E-state index contributed by atoms with van der Waals surface area (Å²) in [5, 5.41) is 18.8. The number of rotatable bonds is 7. The molecule has 2 N–H and O–H groups in total. The van der Waals surface area contributed by atoms with Crippen molar-refractivity contribution in [1.82, 2.24) is 20.1 Å². The van der Waals surface area contributed by atoms with E-state index in [0.717, 1.165) is 19.3 Å². The number of amides is 1. The maximum atomic E-state index is 12.0. The number of nitrogens with zero attached hydrogens (tertiary/aromatic N) is 3. The number of nitrogens with one attached hydrogen (secondary N) is 2. The Morgan fingerprint density at radius 3 is 2.95 bits per heavy atom. The third kappa shape index (κ3) is 3.67. The Labute approximate surface area is 127 Å². The summed E-state index contributed by atoms with van der Waals surface area (Å²) in [6.07, 6.45) is 2.77. The highest BCUT2D eigenvalue weighted by Gasteiger charge is 2.42. The quantitative estimate of drug-likeness (QED) is 0.728. The first-order chi connectivity index (χ1) is 10.00. The summed E-state index contributed by atoms with van der Waals surface area (Å²) < 4.78 is 1.52. The van der Waals surface area contributed by atoms with Gasteiger partial charge in [0.1, 0.15) is 5.54 Å².